The molecule has 0 aliphatic carbocycles. The lowest BCUT2D eigenvalue weighted by molar-refractivity contribution is 0.275. The van der Waals surface area contributed by atoms with E-state index in [4.69, 9.17) is 16.3 Å². The molecule has 0 spiro atoms. The van der Waals surface area contributed by atoms with Crippen molar-refractivity contribution in [1.82, 2.24) is 14.8 Å². The van der Waals surface area contributed by atoms with Gasteiger partial charge in [0.05, 0.1) is 12.3 Å². The average molecular weight is 302 g/mol. The van der Waals surface area contributed by atoms with E-state index in [0.717, 1.165) is 5.69 Å². The van der Waals surface area contributed by atoms with Crippen molar-refractivity contribution < 1.29 is 9.84 Å². The molecule has 1 heterocycles. The SMILES string of the molecule is OCc1cc(Cl)ccc1Oc1ncn(-c2ccccc2)n1. The van der Waals surface area contributed by atoms with Gasteiger partial charge in [-0.05, 0) is 30.3 Å². The van der Waals surface area contributed by atoms with Gasteiger partial charge in [0.15, 0.2) is 0 Å². The lowest BCUT2D eigenvalue weighted by atomic mass is 10.2. The normalized spacial score (nSPS) is 10.6. The zero-order valence-electron chi connectivity index (χ0n) is 11.0. The van der Waals surface area contributed by atoms with Crippen molar-refractivity contribution in [2.75, 3.05) is 0 Å². The van der Waals surface area contributed by atoms with E-state index in [1.165, 1.54) is 0 Å². The van der Waals surface area contributed by atoms with Crippen molar-refractivity contribution in [2.24, 2.45) is 0 Å². The van der Waals surface area contributed by atoms with Crippen LogP contribution >= 0.6 is 11.6 Å². The lowest BCUT2D eigenvalue weighted by Gasteiger charge is -2.06. The van der Waals surface area contributed by atoms with Crippen molar-refractivity contribution in [3.63, 3.8) is 0 Å². The molecule has 106 valence electrons. The molecule has 2 aromatic carbocycles. The molecule has 0 aliphatic heterocycles. The molecule has 3 rings (SSSR count). The Bertz CT molecular complexity index is 744. The van der Waals surface area contributed by atoms with Gasteiger partial charge in [0.25, 0.3) is 0 Å². The Morgan fingerprint density at radius 3 is 2.71 bits per heavy atom. The summed E-state index contributed by atoms with van der Waals surface area (Å²) in [6.07, 6.45) is 1.57. The third-order valence-electron chi connectivity index (χ3n) is 2.89. The monoisotopic (exact) mass is 301 g/mol. The van der Waals surface area contributed by atoms with Crippen LogP contribution in [0.2, 0.25) is 5.02 Å². The molecule has 0 aliphatic rings. The van der Waals surface area contributed by atoms with E-state index in [9.17, 15) is 5.11 Å². The highest BCUT2D eigenvalue weighted by Crippen LogP contribution is 2.26. The predicted molar refractivity (Wildman–Crippen MR) is 78.8 cm³/mol. The Balaban J connectivity index is 1.85. The summed E-state index contributed by atoms with van der Waals surface area (Å²) in [4.78, 5) is 4.10. The van der Waals surface area contributed by atoms with E-state index in [1.54, 1.807) is 29.2 Å². The summed E-state index contributed by atoms with van der Waals surface area (Å²) in [6, 6.07) is 14.8. The standard InChI is InChI=1S/C15H12ClN3O2/c16-12-6-7-14(11(8-12)9-20)21-15-17-10-19(18-15)13-4-2-1-3-5-13/h1-8,10,20H,9H2. The van der Waals surface area contributed by atoms with Crippen LogP contribution in [0.4, 0.5) is 0 Å². The van der Waals surface area contributed by atoms with Crippen LogP contribution in [-0.4, -0.2) is 19.9 Å². The van der Waals surface area contributed by atoms with Crippen LogP contribution in [0.15, 0.2) is 54.9 Å². The van der Waals surface area contributed by atoms with Gasteiger partial charge in [-0.25, -0.2) is 4.68 Å². The number of halogens is 1. The largest absolute Gasteiger partial charge is 0.423 e. The number of rotatable bonds is 4. The van der Waals surface area contributed by atoms with Crippen LogP contribution < -0.4 is 4.74 Å². The number of aliphatic hydroxyl groups excluding tert-OH is 1. The van der Waals surface area contributed by atoms with Gasteiger partial charge in [0.1, 0.15) is 12.1 Å². The molecular formula is C15H12ClN3O2. The molecule has 0 bridgehead atoms. The number of nitrogens with zero attached hydrogens (tertiary/aromatic N) is 3. The number of benzene rings is 2. The highest BCUT2D eigenvalue weighted by Gasteiger charge is 2.09. The van der Waals surface area contributed by atoms with Crippen LogP contribution in [0.3, 0.4) is 0 Å². The first kappa shape index (κ1) is 13.6. The summed E-state index contributed by atoms with van der Waals surface area (Å²) >= 11 is 5.88. The first-order chi connectivity index (χ1) is 10.3. The second kappa shape index (κ2) is 5.95. The fraction of sp³-hybridized carbons (Fsp3) is 0.0667. The second-order valence-electron chi connectivity index (χ2n) is 4.32. The highest BCUT2D eigenvalue weighted by atomic mass is 35.5. The van der Waals surface area contributed by atoms with E-state index < -0.39 is 0 Å². The van der Waals surface area contributed by atoms with Gasteiger partial charge in [-0.2, -0.15) is 4.98 Å². The summed E-state index contributed by atoms with van der Waals surface area (Å²) in [5.41, 5.74) is 1.47. The zero-order valence-corrected chi connectivity index (χ0v) is 11.7. The number of hydrogen-bond acceptors (Lipinski definition) is 4. The number of hydrogen-bond donors (Lipinski definition) is 1. The van der Waals surface area contributed by atoms with Gasteiger partial charge < -0.3 is 9.84 Å². The summed E-state index contributed by atoms with van der Waals surface area (Å²) < 4.78 is 7.21. The molecule has 1 N–H and O–H groups in total. The quantitative estimate of drug-likeness (QED) is 0.804. The Hall–Kier alpha value is -2.37. The summed E-state index contributed by atoms with van der Waals surface area (Å²) in [7, 11) is 0. The Labute approximate surface area is 126 Å². The van der Waals surface area contributed by atoms with Crippen molar-refractivity contribution >= 4 is 11.6 Å². The third kappa shape index (κ3) is 3.04. The van der Waals surface area contributed by atoms with Crippen LogP contribution in [0, 0.1) is 0 Å². The minimum Gasteiger partial charge on any atom is -0.423 e. The molecule has 0 fully saturated rings. The summed E-state index contributed by atoms with van der Waals surface area (Å²) in [5, 5.41) is 14.1. The van der Waals surface area contributed by atoms with Gasteiger partial charge in [-0.3, -0.25) is 0 Å². The Kier molecular flexibility index (Phi) is 3.85. The molecular weight excluding hydrogens is 290 g/mol. The number of aromatic nitrogens is 3. The number of para-hydroxylation sites is 1. The number of aliphatic hydroxyl groups is 1. The molecule has 3 aromatic rings. The minimum atomic E-state index is -0.171. The number of ether oxygens (including phenoxy) is 1. The predicted octanol–water partition coefficient (Wildman–Crippen LogP) is 3.21. The van der Waals surface area contributed by atoms with Crippen molar-refractivity contribution in [1.29, 1.82) is 0 Å². The van der Waals surface area contributed by atoms with Gasteiger partial charge in [0, 0.05) is 10.6 Å². The summed E-state index contributed by atoms with van der Waals surface area (Å²) in [5.74, 6) is 0.479. The first-order valence-electron chi connectivity index (χ1n) is 6.30. The van der Waals surface area contributed by atoms with Crippen molar-refractivity contribution in [2.45, 2.75) is 6.61 Å². The molecule has 21 heavy (non-hydrogen) atoms. The van der Waals surface area contributed by atoms with Crippen LogP contribution in [0.25, 0.3) is 5.69 Å². The van der Waals surface area contributed by atoms with Gasteiger partial charge in [0.2, 0.25) is 0 Å². The summed E-state index contributed by atoms with van der Waals surface area (Å²) in [6.45, 7) is -0.171. The molecule has 6 heteroatoms. The average Bonchev–Trinajstić information content (AvgIpc) is 2.98. The van der Waals surface area contributed by atoms with E-state index in [1.807, 2.05) is 30.3 Å². The molecule has 5 nitrogen and oxygen atoms in total. The molecule has 0 saturated heterocycles. The third-order valence-corrected chi connectivity index (χ3v) is 3.12. The van der Waals surface area contributed by atoms with Crippen LogP contribution in [0.1, 0.15) is 5.56 Å². The van der Waals surface area contributed by atoms with E-state index >= 15 is 0 Å². The molecule has 0 saturated carbocycles. The lowest BCUT2D eigenvalue weighted by Crippen LogP contribution is -1.96. The topological polar surface area (TPSA) is 60.2 Å². The maximum absolute atomic E-state index is 9.32. The van der Waals surface area contributed by atoms with Crippen molar-refractivity contribution in [3.8, 4) is 17.4 Å². The van der Waals surface area contributed by atoms with E-state index in [-0.39, 0.29) is 12.6 Å². The molecule has 0 atom stereocenters. The fourth-order valence-corrected chi connectivity index (χ4v) is 2.06. The second-order valence-corrected chi connectivity index (χ2v) is 4.76. The van der Waals surface area contributed by atoms with Crippen LogP contribution in [0.5, 0.6) is 11.8 Å². The van der Waals surface area contributed by atoms with E-state index in [2.05, 4.69) is 10.1 Å². The molecule has 1 aromatic heterocycles. The highest BCUT2D eigenvalue weighted by molar-refractivity contribution is 6.30. The minimum absolute atomic E-state index is 0.171. The molecule has 0 unspecified atom stereocenters. The van der Waals surface area contributed by atoms with E-state index in [0.29, 0.717) is 16.3 Å². The maximum Gasteiger partial charge on any atom is 0.341 e. The maximum atomic E-state index is 9.32. The Morgan fingerprint density at radius 1 is 1.14 bits per heavy atom. The van der Waals surface area contributed by atoms with Gasteiger partial charge in [-0.15, -0.1) is 5.10 Å². The van der Waals surface area contributed by atoms with Crippen molar-refractivity contribution in [3.05, 3.63) is 65.4 Å². The first-order valence-corrected chi connectivity index (χ1v) is 6.68. The molecule has 0 amide bonds. The Morgan fingerprint density at radius 2 is 1.95 bits per heavy atom. The van der Waals surface area contributed by atoms with Crippen LogP contribution in [-0.2, 0) is 6.61 Å². The van der Waals surface area contributed by atoms with Gasteiger partial charge in [-0.1, -0.05) is 29.8 Å². The fourth-order valence-electron chi connectivity index (χ4n) is 1.87. The molecule has 0 radical (unpaired) electrons. The zero-order chi connectivity index (χ0) is 14.7. The van der Waals surface area contributed by atoms with Gasteiger partial charge >= 0.3 is 6.01 Å². The smallest absolute Gasteiger partial charge is 0.341 e.